The molecule has 0 radical (unpaired) electrons. The van der Waals surface area contributed by atoms with Crippen molar-refractivity contribution in [2.24, 2.45) is 0 Å². The zero-order chi connectivity index (χ0) is 16.7. The number of methoxy groups -OCH3 is 1. The Morgan fingerprint density at radius 3 is 2.83 bits per heavy atom. The van der Waals surface area contributed by atoms with Crippen LogP contribution in [0.1, 0.15) is 12.5 Å². The number of nitrogens with one attached hydrogen (secondary N) is 3. The second-order valence-corrected chi connectivity index (χ2v) is 5.30. The number of fused-ring (bicyclic) bond motifs is 1. The van der Waals surface area contributed by atoms with Crippen LogP contribution < -0.4 is 20.9 Å². The Hall–Kier alpha value is -1.83. The summed E-state index contributed by atoms with van der Waals surface area (Å²) in [4.78, 5) is 25.7. The summed E-state index contributed by atoms with van der Waals surface area (Å²) >= 11 is 0. The number of nitrogens with zero attached hydrogens (tertiary/aromatic N) is 1. The van der Waals surface area contributed by atoms with E-state index in [1.807, 2.05) is 25.1 Å². The van der Waals surface area contributed by atoms with Gasteiger partial charge in [0.2, 0.25) is 5.91 Å². The minimum atomic E-state index is -0.122. The molecule has 1 heterocycles. The molecular formula is C16H25ClN4O3. The Balaban J connectivity index is 0.00000288. The van der Waals surface area contributed by atoms with Crippen LogP contribution in [0.3, 0.4) is 0 Å². The van der Waals surface area contributed by atoms with E-state index >= 15 is 0 Å². The number of benzene rings is 1. The highest BCUT2D eigenvalue weighted by molar-refractivity contribution is 5.97. The predicted octanol–water partition coefficient (Wildman–Crippen LogP) is 1.37. The third-order valence-electron chi connectivity index (χ3n) is 3.61. The van der Waals surface area contributed by atoms with Crippen LogP contribution in [0.2, 0.25) is 0 Å². The Morgan fingerprint density at radius 1 is 1.33 bits per heavy atom. The van der Waals surface area contributed by atoms with Gasteiger partial charge in [-0.1, -0.05) is 6.07 Å². The van der Waals surface area contributed by atoms with Crippen LogP contribution in [0.25, 0.3) is 0 Å². The minimum Gasteiger partial charge on any atom is -0.383 e. The summed E-state index contributed by atoms with van der Waals surface area (Å²) in [6, 6.07) is 5.58. The number of anilines is 2. The fourth-order valence-electron chi connectivity index (χ4n) is 2.50. The molecule has 0 unspecified atom stereocenters. The van der Waals surface area contributed by atoms with E-state index in [0.717, 1.165) is 17.7 Å². The van der Waals surface area contributed by atoms with E-state index in [9.17, 15) is 9.59 Å². The molecule has 0 saturated carbocycles. The first-order valence-electron chi connectivity index (χ1n) is 7.83. The van der Waals surface area contributed by atoms with Crippen LogP contribution in [-0.4, -0.2) is 51.8 Å². The molecule has 1 aromatic rings. The molecule has 1 aromatic carbocycles. The van der Waals surface area contributed by atoms with Gasteiger partial charge in [-0.3, -0.25) is 9.69 Å². The molecule has 3 N–H and O–H groups in total. The Labute approximate surface area is 148 Å². The number of carbonyl (C=O) groups is 2. The van der Waals surface area contributed by atoms with Crippen molar-refractivity contribution in [2.45, 2.75) is 13.3 Å². The maximum Gasteiger partial charge on any atom is 0.321 e. The third-order valence-corrected chi connectivity index (χ3v) is 3.61. The van der Waals surface area contributed by atoms with Gasteiger partial charge < -0.3 is 20.7 Å². The summed E-state index contributed by atoms with van der Waals surface area (Å²) in [5.41, 5.74) is 2.67. The van der Waals surface area contributed by atoms with Crippen molar-refractivity contribution >= 4 is 35.7 Å². The molecule has 0 spiro atoms. The zero-order valence-corrected chi connectivity index (χ0v) is 14.9. The molecule has 2 rings (SSSR count). The van der Waals surface area contributed by atoms with Crippen molar-refractivity contribution in [1.29, 1.82) is 0 Å². The maximum absolute atomic E-state index is 12.1. The summed E-state index contributed by atoms with van der Waals surface area (Å²) in [6.07, 6.45) is 0.833. The second-order valence-electron chi connectivity index (χ2n) is 5.30. The third kappa shape index (κ3) is 5.36. The predicted molar refractivity (Wildman–Crippen MR) is 97.2 cm³/mol. The number of hydrogen-bond donors (Lipinski definition) is 3. The molecule has 0 saturated heterocycles. The summed E-state index contributed by atoms with van der Waals surface area (Å²) in [5, 5.41) is 8.64. The SMILES string of the molecule is CCNC(=O)N1CCc2ccc(NC(=O)CNCCOC)cc21.Cl. The lowest BCUT2D eigenvalue weighted by Gasteiger charge is -2.18. The van der Waals surface area contributed by atoms with Crippen LogP contribution in [-0.2, 0) is 16.0 Å². The van der Waals surface area contributed by atoms with E-state index in [1.54, 1.807) is 12.0 Å². The van der Waals surface area contributed by atoms with Crippen LogP contribution in [0, 0.1) is 0 Å². The fourth-order valence-corrected chi connectivity index (χ4v) is 2.50. The molecule has 0 aromatic heterocycles. The molecule has 0 fully saturated rings. The molecule has 1 aliphatic rings. The quantitative estimate of drug-likeness (QED) is 0.644. The lowest BCUT2D eigenvalue weighted by molar-refractivity contribution is -0.115. The van der Waals surface area contributed by atoms with Crippen molar-refractivity contribution in [2.75, 3.05) is 50.1 Å². The largest absolute Gasteiger partial charge is 0.383 e. The number of halogens is 1. The Kier molecular flexibility index (Phi) is 8.53. The van der Waals surface area contributed by atoms with Gasteiger partial charge in [-0.15, -0.1) is 12.4 Å². The first-order valence-corrected chi connectivity index (χ1v) is 7.83. The van der Waals surface area contributed by atoms with Crippen LogP contribution >= 0.6 is 12.4 Å². The Morgan fingerprint density at radius 2 is 2.12 bits per heavy atom. The summed E-state index contributed by atoms with van der Waals surface area (Å²) in [6.45, 7) is 4.56. The van der Waals surface area contributed by atoms with Crippen molar-refractivity contribution in [3.05, 3.63) is 23.8 Å². The van der Waals surface area contributed by atoms with E-state index in [2.05, 4.69) is 16.0 Å². The van der Waals surface area contributed by atoms with Crippen molar-refractivity contribution < 1.29 is 14.3 Å². The molecule has 0 aliphatic carbocycles. The number of amides is 3. The van der Waals surface area contributed by atoms with Crippen LogP contribution in [0.15, 0.2) is 18.2 Å². The maximum atomic E-state index is 12.1. The molecule has 8 heteroatoms. The van der Waals surface area contributed by atoms with Crippen molar-refractivity contribution in [1.82, 2.24) is 10.6 Å². The molecule has 7 nitrogen and oxygen atoms in total. The van der Waals surface area contributed by atoms with Gasteiger partial charge in [-0.25, -0.2) is 4.79 Å². The van der Waals surface area contributed by atoms with E-state index in [-0.39, 0.29) is 30.9 Å². The number of rotatable bonds is 7. The number of urea groups is 1. The van der Waals surface area contributed by atoms with Crippen LogP contribution in [0.5, 0.6) is 0 Å². The molecule has 1 aliphatic heterocycles. The van der Waals surface area contributed by atoms with Crippen molar-refractivity contribution in [3.63, 3.8) is 0 Å². The van der Waals surface area contributed by atoms with Gasteiger partial charge in [0.25, 0.3) is 0 Å². The highest BCUT2D eigenvalue weighted by Gasteiger charge is 2.24. The molecule has 134 valence electrons. The van der Waals surface area contributed by atoms with E-state index in [0.29, 0.717) is 31.9 Å². The van der Waals surface area contributed by atoms with Gasteiger partial charge in [0.15, 0.2) is 0 Å². The summed E-state index contributed by atoms with van der Waals surface area (Å²) in [5.74, 6) is -0.122. The van der Waals surface area contributed by atoms with Crippen molar-refractivity contribution in [3.8, 4) is 0 Å². The Bertz CT molecular complexity index is 568. The molecule has 0 bridgehead atoms. The highest BCUT2D eigenvalue weighted by atomic mass is 35.5. The first-order chi connectivity index (χ1) is 11.2. The zero-order valence-electron chi connectivity index (χ0n) is 14.1. The van der Waals surface area contributed by atoms with E-state index < -0.39 is 0 Å². The smallest absolute Gasteiger partial charge is 0.321 e. The van der Waals surface area contributed by atoms with Gasteiger partial charge in [0.1, 0.15) is 0 Å². The monoisotopic (exact) mass is 356 g/mol. The lowest BCUT2D eigenvalue weighted by Crippen LogP contribution is -2.38. The van der Waals surface area contributed by atoms with Crippen LogP contribution in [0.4, 0.5) is 16.2 Å². The average Bonchev–Trinajstić information content (AvgIpc) is 2.95. The molecule has 24 heavy (non-hydrogen) atoms. The number of ether oxygens (including phenoxy) is 1. The fraction of sp³-hybridized carbons (Fsp3) is 0.500. The average molecular weight is 357 g/mol. The normalized spacial score (nSPS) is 12.3. The summed E-state index contributed by atoms with van der Waals surface area (Å²) < 4.78 is 4.91. The summed E-state index contributed by atoms with van der Waals surface area (Å²) in [7, 11) is 1.62. The number of hydrogen-bond acceptors (Lipinski definition) is 4. The van der Waals surface area contributed by atoms with Gasteiger partial charge in [0.05, 0.1) is 18.8 Å². The standard InChI is InChI=1S/C16H24N4O3.ClH/c1-3-18-16(22)20-8-6-12-4-5-13(10-14(12)20)19-15(21)11-17-7-9-23-2;/h4-5,10,17H,3,6-9,11H2,1-2H3,(H,18,22)(H,19,21);1H. The molecular weight excluding hydrogens is 332 g/mol. The molecule has 0 atom stereocenters. The van der Waals surface area contributed by atoms with Gasteiger partial charge in [0, 0.05) is 32.4 Å². The van der Waals surface area contributed by atoms with Gasteiger partial charge >= 0.3 is 6.03 Å². The minimum absolute atomic E-state index is 0. The lowest BCUT2D eigenvalue weighted by atomic mass is 10.1. The molecule has 3 amide bonds. The topological polar surface area (TPSA) is 82.7 Å². The second kappa shape index (κ2) is 10.1. The van der Waals surface area contributed by atoms with E-state index in [1.165, 1.54) is 0 Å². The first kappa shape index (κ1) is 20.2. The van der Waals surface area contributed by atoms with Gasteiger partial charge in [-0.05, 0) is 31.0 Å². The number of carbonyl (C=O) groups excluding carboxylic acids is 2. The van der Waals surface area contributed by atoms with E-state index in [4.69, 9.17) is 4.74 Å². The van der Waals surface area contributed by atoms with Gasteiger partial charge in [-0.2, -0.15) is 0 Å². The highest BCUT2D eigenvalue weighted by Crippen LogP contribution is 2.30.